The maximum Gasteiger partial charge on any atom is 0.244 e. The molecule has 0 amide bonds. The van der Waals surface area contributed by atoms with E-state index in [4.69, 9.17) is 15.7 Å². The molecule has 0 aliphatic carbocycles. The van der Waals surface area contributed by atoms with Gasteiger partial charge in [-0.15, -0.1) is 5.10 Å². The van der Waals surface area contributed by atoms with E-state index in [2.05, 4.69) is 15.4 Å². The van der Waals surface area contributed by atoms with Crippen molar-refractivity contribution < 1.29 is 9.94 Å². The molecule has 1 aromatic heterocycles. The van der Waals surface area contributed by atoms with Gasteiger partial charge >= 0.3 is 0 Å². The summed E-state index contributed by atoms with van der Waals surface area (Å²) in [6.45, 7) is 8.19. The Hall–Kier alpha value is -1.85. The number of hydrogen-bond donors (Lipinski definition) is 2. The van der Waals surface area contributed by atoms with Crippen LogP contribution < -0.4 is 10.5 Å². The summed E-state index contributed by atoms with van der Waals surface area (Å²) < 4.78 is 5.51. The van der Waals surface area contributed by atoms with Gasteiger partial charge in [-0.25, -0.2) is 0 Å². The molecular weight excluding hydrogens is 220 g/mol. The quantitative estimate of drug-likeness (QED) is 0.356. The minimum Gasteiger partial charge on any atom is -0.476 e. The predicted molar refractivity (Wildman–Crippen MR) is 64.3 cm³/mol. The highest BCUT2D eigenvalue weighted by atomic mass is 16.5. The van der Waals surface area contributed by atoms with Gasteiger partial charge in [0.1, 0.15) is 0 Å². The third-order valence-corrected chi connectivity index (χ3v) is 2.34. The first-order valence-electron chi connectivity index (χ1n) is 5.42. The lowest BCUT2D eigenvalue weighted by Gasteiger charge is -2.13. The number of aryl methyl sites for hydroxylation is 1. The minimum atomic E-state index is -0.0146. The molecule has 0 radical (unpaired) electrons. The van der Waals surface area contributed by atoms with Crippen molar-refractivity contribution in [3.05, 3.63) is 16.8 Å². The van der Waals surface area contributed by atoms with E-state index in [0.29, 0.717) is 24.0 Å². The first-order chi connectivity index (χ1) is 7.97. The van der Waals surface area contributed by atoms with Crippen LogP contribution in [0.3, 0.4) is 0 Å². The number of aromatic nitrogens is 2. The molecule has 0 aromatic carbocycles. The zero-order valence-corrected chi connectivity index (χ0v) is 10.6. The van der Waals surface area contributed by atoms with Crippen LogP contribution in [0.2, 0.25) is 0 Å². The zero-order valence-electron chi connectivity index (χ0n) is 10.6. The van der Waals surface area contributed by atoms with Crippen LogP contribution in [0.25, 0.3) is 0 Å². The highest BCUT2D eigenvalue weighted by molar-refractivity contribution is 6.00. The van der Waals surface area contributed by atoms with Crippen LogP contribution in [0.5, 0.6) is 5.88 Å². The lowest BCUT2D eigenvalue weighted by Crippen LogP contribution is -2.20. The molecule has 0 aliphatic heterocycles. The van der Waals surface area contributed by atoms with Crippen molar-refractivity contribution in [1.29, 1.82) is 0 Å². The summed E-state index contributed by atoms with van der Waals surface area (Å²) in [7, 11) is 0. The molecule has 1 heterocycles. The van der Waals surface area contributed by atoms with E-state index in [1.165, 1.54) is 0 Å². The molecule has 0 aliphatic rings. The van der Waals surface area contributed by atoms with Crippen molar-refractivity contribution in [2.75, 3.05) is 6.61 Å². The molecule has 0 fully saturated rings. The smallest absolute Gasteiger partial charge is 0.244 e. The van der Waals surface area contributed by atoms with Gasteiger partial charge in [0.05, 0.1) is 17.9 Å². The summed E-state index contributed by atoms with van der Waals surface area (Å²) in [5.41, 5.74) is 7.65. The molecule has 0 spiro atoms. The molecule has 0 bridgehead atoms. The first-order valence-corrected chi connectivity index (χ1v) is 5.42. The minimum absolute atomic E-state index is 0.0146. The fourth-order valence-corrected chi connectivity index (χ4v) is 1.29. The second-order valence-electron chi connectivity index (χ2n) is 4.28. The van der Waals surface area contributed by atoms with Crippen LogP contribution in [-0.2, 0) is 0 Å². The van der Waals surface area contributed by atoms with Crippen molar-refractivity contribution in [3.8, 4) is 5.88 Å². The standard InChI is InChI=1S/C11H18N4O2/c1-6(2)5-17-11-9(10(12)15-16)7(3)8(4)13-14-11/h6,16H,5H2,1-4H3,(H2,12,15). The number of ether oxygens (including phenoxy) is 1. The molecule has 0 unspecified atom stereocenters. The van der Waals surface area contributed by atoms with Crippen LogP contribution in [0.15, 0.2) is 5.16 Å². The average molecular weight is 238 g/mol. The summed E-state index contributed by atoms with van der Waals surface area (Å²) in [5, 5.41) is 19.7. The lowest BCUT2D eigenvalue weighted by molar-refractivity contribution is 0.257. The van der Waals surface area contributed by atoms with Crippen LogP contribution in [-0.4, -0.2) is 27.8 Å². The molecule has 0 atom stereocenters. The number of nitrogens with zero attached hydrogens (tertiary/aromatic N) is 3. The predicted octanol–water partition coefficient (Wildman–Crippen LogP) is 1.22. The van der Waals surface area contributed by atoms with Crippen molar-refractivity contribution in [3.63, 3.8) is 0 Å². The Morgan fingerprint density at radius 3 is 2.59 bits per heavy atom. The molecule has 0 saturated carbocycles. The molecule has 1 rings (SSSR count). The SMILES string of the molecule is Cc1nnc(OCC(C)C)c(/C(N)=N/O)c1C. The Bertz CT molecular complexity index is 430. The molecule has 94 valence electrons. The molecule has 6 heteroatoms. The molecule has 17 heavy (non-hydrogen) atoms. The number of amidine groups is 1. The Kier molecular flexibility index (Phi) is 4.25. The van der Waals surface area contributed by atoms with Crippen molar-refractivity contribution >= 4 is 5.84 Å². The van der Waals surface area contributed by atoms with Gasteiger partial charge in [-0.2, -0.15) is 5.10 Å². The number of rotatable bonds is 4. The van der Waals surface area contributed by atoms with E-state index in [1.807, 2.05) is 27.7 Å². The largest absolute Gasteiger partial charge is 0.476 e. The summed E-state index contributed by atoms with van der Waals surface area (Å²) >= 11 is 0. The van der Waals surface area contributed by atoms with Gasteiger partial charge in [-0.1, -0.05) is 19.0 Å². The molecule has 6 nitrogen and oxygen atoms in total. The van der Waals surface area contributed by atoms with Gasteiger partial charge in [0, 0.05) is 0 Å². The number of oxime groups is 1. The highest BCUT2D eigenvalue weighted by Crippen LogP contribution is 2.20. The van der Waals surface area contributed by atoms with Crippen molar-refractivity contribution in [2.45, 2.75) is 27.7 Å². The summed E-state index contributed by atoms with van der Waals surface area (Å²) in [4.78, 5) is 0. The summed E-state index contributed by atoms with van der Waals surface area (Å²) in [5.74, 6) is 0.648. The fraction of sp³-hybridized carbons (Fsp3) is 0.545. The van der Waals surface area contributed by atoms with Crippen LogP contribution in [0, 0.1) is 19.8 Å². The lowest BCUT2D eigenvalue weighted by atomic mass is 10.1. The van der Waals surface area contributed by atoms with Gasteiger partial charge < -0.3 is 15.7 Å². The van der Waals surface area contributed by atoms with Gasteiger partial charge in [0.2, 0.25) is 5.88 Å². The van der Waals surface area contributed by atoms with Gasteiger partial charge in [0.15, 0.2) is 5.84 Å². The van der Waals surface area contributed by atoms with E-state index >= 15 is 0 Å². The third-order valence-electron chi connectivity index (χ3n) is 2.34. The molecule has 3 N–H and O–H groups in total. The monoisotopic (exact) mass is 238 g/mol. The number of nitrogens with two attached hydrogens (primary N) is 1. The van der Waals surface area contributed by atoms with Crippen molar-refractivity contribution in [2.24, 2.45) is 16.8 Å². The van der Waals surface area contributed by atoms with E-state index in [9.17, 15) is 0 Å². The molecule has 0 saturated heterocycles. The van der Waals surface area contributed by atoms with E-state index in [-0.39, 0.29) is 5.84 Å². The third kappa shape index (κ3) is 3.05. The van der Waals surface area contributed by atoms with Gasteiger partial charge in [0.25, 0.3) is 0 Å². The summed E-state index contributed by atoms with van der Waals surface area (Å²) in [6.07, 6.45) is 0. The Morgan fingerprint density at radius 1 is 1.41 bits per heavy atom. The van der Waals surface area contributed by atoms with E-state index < -0.39 is 0 Å². The Labute approximate surface area is 100 Å². The van der Waals surface area contributed by atoms with Crippen LogP contribution >= 0.6 is 0 Å². The summed E-state index contributed by atoms with van der Waals surface area (Å²) in [6, 6.07) is 0. The van der Waals surface area contributed by atoms with Crippen molar-refractivity contribution in [1.82, 2.24) is 10.2 Å². The van der Waals surface area contributed by atoms with Crippen LogP contribution in [0.1, 0.15) is 30.7 Å². The Balaban J connectivity index is 3.16. The second kappa shape index (κ2) is 5.47. The topological polar surface area (TPSA) is 93.6 Å². The normalized spacial score (nSPS) is 11.9. The highest BCUT2D eigenvalue weighted by Gasteiger charge is 2.16. The van der Waals surface area contributed by atoms with Crippen LogP contribution in [0.4, 0.5) is 0 Å². The zero-order chi connectivity index (χ0) is 13.0. The van der Waals surface area contributed by atoms with E-state index in [1.54, 1.807) is 0 Å². The molecular formula is C11H18N4O2. The second-order valence-corrected chi connectivity index (χ2v) is 4.28. The average Bonchev–Trinajstić information content (AvgIpc) is 2.29. The molecule has 1 aromatic rings. The fourth-order valence-electron chi connectivity index (χ4n) is 1.29. The van der Waals surface area contributed by atoms with Gasteiger partial charge in [-0.3, -0.25) is 0 Å². The maximum atomic E-state index is 8.76. The van der Waals surface area contributed by atoms with E-state index in [0.717, 1.165) is 11.3 Å². The maximum absolute atomic E-state index is 8.76. The Morgan fingerprint density at radius 2 is 2.06 bits per heavy atom. The van der Waals surface area contributed by atoms with Gasteiger partial charge in [-0.05, 0) is 25.3 Å². The first kappa shape index (κ1) is 13.2. The number of hydrogen-bond acceptors (Lipinski definition) is 5.